The normalized spacial score (nSPS) is 13.5. The third-order valence-electron chi connectivity index (χ3n) is 6.72. The van der Waals surface area contributed by atoms with Crippen molar-refractivity contribution in [3.05, 3.63) is 106 Å². The number of anilines is 1. The van der Waals surface area contributed by atoms with E-state index in [0.717, 1.165) is 29.1 Å². The lowest BCUT2D eigenvalue weighted by Crippen LogP contribution is -2.49. The smallest absolute Gasteiger partial charge is 0.257 e. The number of para-hydroxylation sites is 1. The van der Waals surface area contributed by atoms with Gasteiger partial charge in [-0.2, -0.15) is 0 Å². The minimum absolute atomic E-state index is 0.0117. The van der Waals surface area contributed by atoms with Crippen molar-refractivity contribution < 1.29 is 9.53 Å². The molecule has 6 nitrogen and oxygen atoms in total. The first-order valence-corrected chi connectivity index (χ1v) is 12.8. The maximum Gasteiger partial charge on any atom is 0.257 e. The topological polar surface area (TPSA) is 58.6 Å². The number of ether oxygens (including phenoxy) is 1. The van der Waals surface area contributed by atoms with Gasteiger partial charge in [-0.25, -0.2) is 9.97 Å². The number of carbonyl (C=O) groups is 1. The largest absolute Gasteiger partial charge is 0.496 e. The Labute approximate surface area is 222 Å². The Morgan fingerprint density at radius 3 is 2.27 bits per heavy atom. The molecule has 1 aliphatic heterocycles. The molecule has 0 saturated carbocycles. The van der Waals surface area contributed by atoms with Gasteiger partial charge in [0.15, 0.2) is 5.82 Å². The molecule has 4 aromatic rings. The summed E-state index contributed by atoms with van der Waals surface area (Å²) in [5.41, 5.74) is 4.77. The van der Waals surface area contributed by atoms with E-state index in [1.807, 2.05) is 66.4 Å². The van der Waals surface area contributed by atoms with Gasteiger partial charge in [0.25, 0.3) is 5.91 Å². The molecule has 1 aromatic heterocycles. The third-order valence-corrected chi connectivity index (χ3v) is 6.97. The van der Waals surface area contributed by atoms with Crippen LogP contribution in [0.25, 0.3) is 11.4 Å². The number of aromatic nitrogens is 2. The number of benzene rings is 3. The van der Waals surface area contributed by atoms with Crippen molar-refractivity contribution in [1.29, 1.82) is 0 Å². The first-order valence-electron chi connectivity index (χ1n) is 12.4. The van der Waals surface area contributed by atoms with Crippen molar-refractivity contribution in [2.45, 2.75) is 13.3 Å². The molecule has 7 heteroatoms. The van der Waals surface area contributed by atoms with E-state index < -0.39 is 0 Å². The van der Waals surface area contributed by atoms with E-state index in [4.69, 9.17) is 26.3 Å². The van der Waals surface area contributed by atoms with Crippen LogP contribution in [0, 0.1) is 6.92 Å². The highest BCUT2D eigenvalue weighted by Gasteiger charge is 2.27. The molecule has 1 amide bonds. The Balaban J connectivity index is 1.44. The average Bonchev–Trinajstić information content (AvgIpc) is 2.94. The van der Waals surface area contributed by atoms with Gasteiger partial charge in [0, 0.05) is 54.4 Å². The predicted octanol–water partition coefficient (Wildman–Crippen LogP) is 5.67. The van der Waals surface area contributed by atoms with Gasteiger partial charge in [-0.1, -0.05) is 54.1 Å². The molecule has 1 saturated heterocycles. The van der Waals surface area contributed by atoms with Gasteiger partial charge in [-0.15, -0.1) is 0 Å². The fourth-order valence-corrected chi connectivity index (χ4v) is 4.82. The molecule has 0 N–H and O–H groups in total. The third kappa shape index (κ3) is 5.44. The lowest BCUT2D eigenvalue weighted by molar-refractivity contribution is 0.0743. The Hall–Kier alpha value is -3.90. The van der Waals surface area contributed by atoms with E-state index in [1.165, 1.54) is 5.56 Å². The highest BCUT2D eigenvalue weighted by molar-refractivity contribution is 6.30. The standard InChI is InChI=1S/C30H29ClN4O2/c1-21-26(20-22-8-4-3-5-9-22)29(33-28(32-21)23-12-14-24(31)15-13-23)34-16-18-35(19-17-34)30(36)25-10-6-7-11-27(25)37-2/h3-15H,16-20H2,1-2H3. The molecule has 188 valence electrons. The number of nitrogens with zero attached hydrogens (tertiary/aromatic N) is 4. The number of hydrogen-bond acceptors (Lipinski definition) is 5. The predicted molar refractivity (Wildman–Crippen MR) is 148 cm³/mol. The van der Waals surface area contributed by atoms with Gasteiger partial charge in [0.05, 0.1) is 12.7 Å². The second-order valence-corrected chi connectivity index (χ2v) is 9.52. The summed E-state index contributed by atoms with van der Waals surface area (Å²) in [6, 6.07) is 25.4. The summed E-state index contributed by atoms with van der Waals surface area (Å²) in [7, 11) is 1.59. The van der Waals surface area contributed by atoms with Crippen LogP contribution in [0.4, 0.5) is 5.82 Å². The first kappa shape index (κ1) is 24.8. The molecule has 0 aliphatic carbocycles. The maximum absolute atomic E-state index is 13.2. The number of carbonyl (C=O) groups excluding carboxylic acids is 1. The zero-order chi connectivity index (χ0) is 25.8. The fraction of sp³-hybridized carbons (Fsp3) is 0.233. The summed E-state index contributed by atoms with van der Waals surface area (Å²) in [5.74, 6) is 2.18. The van der Waals surface area contributed by atoms with Gasteiger partial charge < -0.3 is 14.5 Å². The van der Waals surface area contributed by atoms with Crippen LogP contribution in [0.1, 0.15) is 27.2 Å². The van der Waals surface area contributed by atoms with Gasteiger partial charge in [0.1, 0.15) is 11.6 Å². The highest BCUT2D eigenvalue weighted by atomic mass is 35.5. The Morgan fingerprint density at radius 1 is 0.892 bits per heavy atom. The van der Waals surface area contributed by atoms with Crippen LogP contribution in [0.5, 0.6) is 5.75 Å². The number of amides is 1. The number of halogens is 1. The van der Waals surface area contributed by atoms with Crippen LogP contribution in [0.15, 0.2) is 78.9 Å². The summed E-state index contributed by atoms with van der Waals surface area (Å²) in [5, 5.41) is 0.678. The van der Waals surface area contributed by atoms with Crippen molar-refractivity contribution in [1.82, 2.24) is 14.9 Å². The molecule has 3 aromatic carbocycles. The number of rotatable bonds is 6. The first-order chi connectivity index (χ1) is 18.0. The SMILES string of the molecule is COc1ccccc1C(=O)N1CCN(c2nc(-c3ccc(Cl)cc3)nc(C)c2Cc2ccccc2)CC1. The number of piperazine rings is 1. The molecule has 0 spiro atoms. The molecule has 0 bridgehead atoms. The van der Waals surface area contributed by atoms with E-state index in [-0.39, 0.29) is 5.91 Å². The van der Waals surface area contributed by atoms with Crippen molar-refractivity contribution in [3.63, 3.8) is 0 Å². The Morgan fingerprint density at radius 2 is 1.57 bits per heavy atom. The van der Waals surface area contributed by atoms with Crippen molar-refractivity contribution in [3.8, 4) is 17.1 Å². The van der Waals surface area contributed by atoms with E-state index in [0.29, 0.717) is 48.3 Å². The monoisotopic (exact) mass is 512 g/mol. The molecule has 37 heavy (non-hydrogen) atoms. The zero-order valence-electron chi connectivity index (χ0n) is 21.0. The van der Waals surface area contributed by atoms with Gasteiger partial charge >= 0.3 is 0 Å². The Bertz CT molecular complexity index is 1380. The fourth-order valence-electron chi connectivity index (χ4n) is 4.69. The summed E-state index contributed by atoms with van der Waals surface area (Å²) < 4.78 is 5.41. The number of aryl methyl sites for hydroxylation is 1. The van der Waals surface area contributed by atoms with Crippen molar-refractivity contribution in [2.24, 2.45) is 0 Å². The second-order valence-electron chi connectivity index (χ2n) is 9.08. The zero-order valence-corrected chi connectivity index (χ0v) is 21.8. The maximum atomic E-state index is 13.2. The van der Waals surface area contributed by atoms with E-state index >= 15 is 0 Å². The molecular weight excluding hydrogens is 484 g/mol. The van der Waals surface area contributed by atoms with Crippen LogP contribution < -0.4 is 9.64 Å². The summed E-state index contributed by atoms with van der Waals surface area (Å²) >= 11 is 6.11. The van der Waals surface area contributed by atoms with E-state index in [1.54, 1.807) is 7.11 Å². The van der Waals surface area contributed by atoms with Gasteiger partial charge in [0.2, 0.25) is 0 Å². The van der Waals surface area contributed by atoms with Crippen molar-refractivity contribution >= 4 is 23.3 Å². The minimum atomic E-state index is -0.0117. The molecular formula is C30H29ClN4O2. The summed E-state index contributed by atoms with van der Waals surface area (Å²) in [4.78, 5) is 27.3. The van der Waals surface area contributed by atoms with E-state index in [9.17, 15) is 4.79 Å². The molecule has 2 heterocycles. The average molecular weight is 513 g/mol. The molecule has 5 rings (SSSR count). The summed E-state index contributed by atoms with van der Waals surface area (Å²) in [6.45, 7) is 4.60. The minimum Gasteiger partial charge on any atom is -0.496 e. The molecule has 0 atom stereocenters. The molecule has 1 fully saturated rings. The van der Waals surface area contributed by atoms with Crippen LogP contribution in [0.3, 0.4) is 0 Å². The summed E-state index contributed by atoms with van der Waals surface area (Å²) in [6.07, 6.45) is 0.739. The Kier molecular flexibility index (Phi) is 7.37. The van der Waals surface area contributed by atoms with Gasteiger partial charge in [-0.05, 0) is 48.9 Å². The van der Waals surface area contributed by atoms with Crippen LogP contribution in [-0.4, -0.2) is 54.1 Å². The van der Waals surface area contributed by atoms with E-state index in [2.05, 4.69) is 29.2 Å². The molecule has 1 aliphatic rings. The molecule has 0 unspecified atom stereocenters. The van der Waals surface area contributed by atoms with Crippen LogP contribution in [0.2, 0.25) is 5.02 Å². The molecule has 0 radical (unpaired) electrons. The lowest BCUT2D eigenvalue weighted by atomic mass is 10.0. The van der Waals surface area contributed by atoms with Crippen molar-refractivity contribution in [2.75, 3.05) is 38.2 Å². The highest BCUT2D eigenvalue weighted by Crippen LogP contribution is 2.29. The number of methoxy groups -OCH3 is 1. The van der Waals surface area contributed by atoms with Crippen LogP contribution in [-0.2, 0) is 6.42 Å². The number of hydrogen-bond donors (Lipinski definition) is 0. The van der Waals surface area contributed by atoms with Crippen LogP contribution >= 0.6 is 11.6 Å². The van der Waals surface area contributed by atoms with Gasteiger partial charge in [-0.3, -0.25) is 4.79 Å². The second kappa shape index (κ2) is 11.0. The quantitative estimate of drug-likeness (QED) is 0.333. The lowest BCUT2D eigenvalue weighted by Gasteiger charge is -2.36.